The number of carbonyl (C=O) groups is 1. The number of carbonyl (C=O) groups excluding carboxylic acids is 1. The van der Waals surface area contributed by atoms with Crippen molar-refractivity contribution >= 4 is 5.91 Å². The largest absolute Gasteiger partial charge is 0.391 e. The summed E-state index contributed by atoms with van der Waals surface area (Å²) in [5.74, 6) is 0.633. The molecule has 1 saturated carbocycles. The molecule has 13 heavy (non-hydrogen) atoms. The Morgan fingerprint density at radius 1 is 1.46 bits per heavy atom. The Labute approximate surface area is 77.7 Å². The van der Waals surface area contributed by atoms with E-state index in [1.54, 1.807) is 0 Å². The summed E-state index contributed by atoms with van der Waals surface area (Å²) in [7, 11) is 0. The van der Waals surface area contributed by atoms with Crippen molar-refractivity contribution in [3.8, 4) is 0 Å². The Bertz CT molecular complexity index is 204. The first-order valence-electron chi connectivity index (χ1n) is 4.94. The Kier molecular flexibility index (Phi) is 2.51. The quantitative estimate of drug-likeness (QED) is 0.532. The van der Waals surface area contributed by atoms with Gasteiger partial charge in [-0.15, -0.1) is 0 Å². The summed E-state index contributed by atoms with van der Waals surface area (Å²) in [6.45, 7) is 2.08. The minimum Gasteiger partial charge on any atom is -0.391 e. The highest BCUT2D eigenvalue weighted by molar-refractivity contribution is 5.80. The zero-order valence-corrected chi connectivity index (χ0v) is 7.62. The first-order valence-corrected chi connectivity index (χ1v) is 4.94. The van der Waals surface area contributed by atoms with E-state index >= 15 is 0 Å². The molecule has 1 heterocycles. The highest BCUT2D eigenvalue weighted by Crippen LogP contribution is 2.28. The van der Waals surface area contributed by atoms with Crippen LogP contribution in [0.15, 0.2) is 0 Å². The van der Waals surface area contributed by atoms with E-state index in [1.807, 2.05) is 0 Å². The molecule has 2 rings (SSSR count). The maximum atomic E-state index is 11.3. The van der Waals surface area contributed by atoms with E-state index in [0.717, 1.165) is 19.4 Å². The van der Waals surface area contributed by atoms with Crippen molar-refractivity contribution in [3.63, 3.8) is 0 Å². The van der Waals surface area contributed by atoms with Crippen LogP contribution in [-0.2, 0) is 4.79 Å². The standard InChI is InChI=1S/C9H16N2O2/c12-8-5-10-3-7(8)4-11-9(13)6-1-2-6/h6-8,10,12H,1-5H2,(H,11,13). The van der Waals surface area contributed by atoms with Crippen LogP contribution in [0.1, 0.15) is 12.8 Å². The third-order valence-corrected chi connectivity index (χ3v) is 2.79. The van der Waals surface area contributed by atoms with Gasteiger partial charge in [-0.1, -0.05) is 0 Å². The van der Waals surface area contributed by atoms with Crippen LogP contribution in [0.5, 0.6) is 0 Å². The average Bonchev–Trinajstić information content (AvgIpc) is 2.88. The van der Waals surface area contributed by atoms with Gasteiger partial charge in [-0.25, -0.2) is 0 Å². The fourth-order valence-electron chi connectivity index (χ4n) is 1.65. The molecule has 1 aliphatic carbocycles. The number of hydrogen-bond acceptors (Lipinski definition) is 3. The van der Waals surface area contributed by atoms with Crippen molar-refractivity contribution in [2.45, 2.75) is 18.9 Å². The van der Waals surface area contributed by atoms with Gasteiger partial charge in [0.1, 0.15) is 0 Å². The number of aliphatic hydroxyl groups excluding tert-OH is 1. The van der Waals surface area contributed by atoms with E-state index in [9.17, 15) is 9.90 Å². The van der Waals surface area contributed by atoms with Crippen molar-refractivity contribution in [2.24, 2.45) is 11.8 Å². The molecule has 0 radical (unpaired) electrons. The molecule has 4 heteroatoms. The molecule has 2 fully saturated rings. The van der Waals surface area contributed by atoms with Crippen molar-refractivity contribution in [1.82, 2.24) is 10.6 Å². The van der Waals surface area contributed by atoms with E-state index in [0.29, 0.717) is 13.1 Å². The van der Waals surface area contributed by atoms with Gasteiger partial charge in [0, 0.05) is 31.5 Å². The summed E-state index contributed by atoms with van der Waals surface area (Å²) in [5.41, 5.74) is 0. The molecule has 74 valence electrons. The van der Waals surface area contributed by atoms with Gasteiger partial charge in [0.25, 0.3) is 0 Å². The zero-order valence-electron chi connectivity index (χ0n) is 7.62. The molecule has 4 nitrogen and oxygen atoms in total. The number of hydrogen-bond donors (Lipinski definition) is 3. The lowest BCUT2D eigenvalue weighted by Gasteiger charge is -2.13. The molecule has 0 aromatic carbocycles. The Hall–Kier alpha value is -0.610. The molecule has 0 aromatic rings. The number of rotatable bonds is 3. The summed E-state index contributed by atoms with van der Waals surface area (Å²) in [6, 6.07) is 0. The average molecular weight is 184 g/mol. The van der Waals surface area contributed by atoms with Gasteiger partial charge in [0.05, 0.1) is 6.10 Å². The maximum Gasteiger partial charge on any atom is 0.223 e. The van der Waals surface area contributed by atoms with Gasteiger partial charge in [-0.05, 0) is 12.8 Å². The predicted molar refractivity (Wildman–Crippen MR) is 48.1 cm³/mol. The summed E-state index contributed by atoms with van der Waals surface area (Å²) < 4.78 is 0. The third-order valence-electron chi connectivity index (χ3n) is 2.79. The van der Waals surface area contributed by atoms with Gasteiger partial charge < -0.3 is 15.7 Å². The highest BCUT2D eigenvalue weighted by atomic mass is 16.3. The smallest absolute Gasteiger partial charge is 0.223 e. The van der Waals surface area contributed by atoms with Crippen molar-refractivity contribution in [1.29, 1.82) is 0 Å². The van der Waals surface area contributed by atoms with Crippen molar-refractivity contribution in [2.75, 3.05) is 19.6 Å². The lowest BCUT2D eigenvalue weighted by Crippen LogP contribution is -2.35. The molecule has 1 saturated heterocycles. The van der Waals surface area contributed by atoms with Crippen LogP contribution in [0, 0.1) is 11.8 Å². The SMILES string of the molecule is O=C(NCC1CNCC1O)C1CC1. The van der Waals surface area contributed by atoms with Crippen LogP contribution in [0.4, 0.5) is 0 Å². The second-order valence-corrected chi connectivity index (χ2v) is 4.01. The molecule has 0 bridgehead atoms. The zero-order chi connectivity index (χ0) is 9.26. The lowest BCUT2D eigenvalue weighted by molar-refractivity contribution is -0.122. The van der Waals surface area contributed by atoms with E-state index in [1.165, 1.54) is 0 Å². The van der Waals surface area contributed by atoms with Crippen LogP contribution in [0.25, 0.3) is 0 Å². The van der Waals surface area contributed by atoms with E-state index < -0.39 is 0 Å². The summed E-state index contributed by atoms with van der Waals surface area (Å²) in [4.78, 5) is 11.3. The predicted octanol–water partition coefficient (Wildman–Crippen LogP) is -0.907. The number of nitrogens with one attached hydrogen (secondary N) is 2. The molecule has 0 spiro atoms. The molecule has 2 unspecified atom stereocenters. The van der Waals surface area contributed by atoms with Crippen molar-refractivity contribution < 1.29 is 9.90 Å². The first kappa shape index (κ1) is 8.97. The van der Waals surface area contributed by atoms with Crippen molar-refractivity contribution in [3.05, 3.63) is 0 Å². The summed E-state index contributed by atoms with van der Waals surface area (Å²) in [6.07, 6.45) is 1.79. The monoisotopic (exact) mass is 184 g/mol. The topological polar surface area (TPSA) is 61.4 Å². The van der Waals surface area contributed by atoms with Crippen LogP contribution in [0.2, 0.25) is 0 Å². The summed E-state index contributed by atoms with van der Waals surface area (Å²) >= 11 is 0. The first-order chi connectivity index (χ1) is 6.27. The summed E-state index contributed by atoms with van der Waals surface area (Å²) in [5, 5.41) is 15.4. The minimum atomic E-state index is -0.292. The Balaban J connectivity index is 1.68. The van der Waals surface area contributed by atoms with Gasteiger partial charge in [0.2, 0.25) is 5.91 Å². The molecule has 1 aliphatic heterocycles. The van der Waals surface area contributed by atoms with Crippen LogP contribution in [0.3, 0.4) is 0 Å². The number of β-amino-alcohol motifs (C(OH)–C–C–N with tert-alkyl or cyclic N) is 1. The van der Waals surface area contributed by atoms with E-state index in [2.05, 4.69) is 10.6 Å². The van der Waals surface area contributed by atoms with Gasteiger partial charge in [-0.2, -0.15) is 0 Å². The Morgan fingerprint density at radius 3 is 2.77 bits per heavy atom. The maximum absolute atomic E-state index is 11.3. The number of amides is 1. The normalized spacial score (nSPS) is 33.3. The Morgan fingerprint density at radius 2 is 2.23 bits per heavy atom. The fraction of sp³-hybridized carbons (Fsp3) is 0.889. The molecule has 1 amide bonds. The van der Waals surface area contributed by atoms with E-state index in [-0.39, 0.29) is 23.8 Å². The molecule has 3 N–H and O–H groups in total. The molecule has 2 atom stereocenters. The third kappa shape index (κ3) is 2.19. The van der Waals surface area contributed by atoms with Gasteiger partial charge in [-0.3, -0.25) is 4.79 Å². The molecule has 0 aromatic heterocycles. The highest BCUT2D eigenvalue weighted by Gasteiger charge is 2.31. The minimum absolute atomic E-state index is 0.166. The molecule has 2 aliphatic rings. The second-order valence-electron chi connectivity index (χ2n) is 4.01. The fourth-order valence-corrected chi connectivity index (χ4v) is 1.65. The molecular formula is C9H16N2O2. The molecular weight excluding hydrogens is 168 g/mol. The van der Waals surface area contributed by atoms with Crippen LogP contribution in [-0.4, -0.2) is 36.8 Å². The van der Waals surface area contributed by atoms with Crippen LogP contribution >= 0.6 is 0 Å². The lowest BCUT2D eigenvalue weighted by atomic mass is 10.1. The van der Waals surface area contributed by atoms with Gasteiger partial charge in [0.15, 0.2) is 0 Å². The number of aliphatic hydroxyl groups is 1. The van der Waals surface area contributed by atoms with E-state index in [4.69, 9.17) is 0 Å². The van der Waals surface area contributed by atoms with Crippen LogP contribution < -0.4 is 10.6 Å². The second kappa shape index (κ2) is 3.64. The van der Waals surface area contributed by atoms with Gasteiger partial charge >= 0.3 is 0 Å².